The molecule has 3 rings (SSSR count). The Morgan fingerprint density at radius 3 is 2.57 bits per heavy atom. The zero-order valence-electron chi connectivity index (χ0n) is 13.1. The number of likely N-dealkylation sites (tertiary alicyclic amines) is 1. The smallest absolute Gasteiger partial charge is 0.320 e. The molecule has 2 aromatic carbocycles. The van der Waals surface area contributed by atoms with Crippen molar-refractivity contribution >= 4 is 17.6 Å². The Bertz CT molecular complexity index is 699. The van der Waals surface area contributed by atoms with E-state index < -0.39 is 12.0 Å². The van der Waals surface area contributed by atoms with Gasteiger partial charge in [-0.1, -0.05) is 59.6 Å². The molecule has 1 aliphatic rings. The summed E-state index contributed by atoms with van der Waals surface area (Å²) in [5.74, 6) is -0.758. The summed E-state index contributed by atoms with van der Waals surface area (Å²) in [6, 6.07) is 15.4. The van der Waals surface area contributed by atoms with E-state index in [4.69, 9.17) is 11.6 Å². The molecule has 0 spiro atoms. The standard InChI is InChI=1S/C19H20ClNO2/c1-13-8-10-14(11-9-13)18(15-5-2-3-6-16(15)20)21-12-4-7-17(21)19(22)23/h2-3,5-6,8-11,17-18H,4,7,12H2,1H3,(H,22,23). The van der Waals surface area contributed by atoms with E-state index in [2.05, 4.69) is 29.2 Å². The van der Waals surface area contributed by atoms with Crippen LogP contribution in [0.2, 0.25) is 5.02 Å². The first-order chi connectivity index (χ1) is 11.1. The van der Waals surface area contributed by atoms with Crippen LogP contribution in [0.1, 0.15) is 35.6 Å². The van der Waals surface area contributed by atoms with Crippen LogP contribution in [0, 0.1) is 6.92 Å². The lowest BCUT2D eigenvalue weighted by Crippen LogP contribution is -2.39. The van der Waals surface area contributed by atoms with Gasteiger partial charge in [0.05, 0.1) is 6.04 Å². The van der Waals surface area contributed by atoms with Crippen LogP contribution in [0.4, 0.5) is 0 Å². The number of aliphatic carboxylic acids is 1. The van der Waals surface area contributed by atoms with Crippen LogP contribution in [0.3, 0.4) is 0 Å². The number of hydrogen-bond donors (Lipinski definition) is 1. The zero-order valence-corrected chi connectivity index (χ0v) is 13.8. The van der Waals surface area contributed by atoms with Crippen molar-refractivity contribution in [2.24, 2.45) is 0 Å². The highest BCUT2D eigenvalue weighted by Crippen LogP contribution is 2.37. The predicted molar refractivity (Wildman–Crippen MR) is 91.8 cm³/mol. The van der Waals surface area contributed by atoms with Crippen LogP contribution in [0.15, 0.2) is 48.5 Å². The summed E-state index contributed by atoms with van der Waals surface area (Å²) in [5, 5.41) is 10.2. The first-order valence-corrected chi connectivity index (χ1v) is 8.25. The van der Waals surface area contributed by atoms with Crippen molar-refractivity contribution in [3.05, 3.63) is 70.2 Å². The maximum absolute atomic E-state index is 11.6. The Morgan fingerprint density at radius 1 is 1.22 bits per heavy atom. The van der Waals surface area contributed by atoms with Crippen LogP contribution >= 0.6 is 11.6 Å². The van der Waals surface area contributed by atoms with Crippen molar-refractivity contribution in [3.8, 4) is 0 Å². The Morgan fingerprint density at radius 2 is 1.91 bits per heavy atom. The van der Waals surface area contributed by atoms with Crippen LogP contribution < -0.4 is 0 Å². The Kier molecular flexibility index (Phi) is 4.69. The highest BCUT2D eigenvalue weighted by atomic mass is 35.5. The van der Waals surface area contributed by atoms with E-state index in [0.717, 1.165) is 24.1 Å². The summed E-state index contributed by atoms with van der Waals surface area (Å²) in [7, 11) is 0. The lowest BCUT2D eigenvalue weighted by molar-refractivity contribution is -0.142. The van der Waals surface area contributed by atoms with Crippen LogP contribution in [0.25, 0.3) is 0 Å². The predicted octanol–water partition coefficient (Wildman–Crippen LogP) is 4.29. The second-order valence-corrected chi connectivity index (χ2v) is 6.48. The number of benzene rings is 2. The van der Waals surface area contributed by atoms with Crippen molar-refractivity contribution in [1.29, 1.82) is 0 Å². The molecule has 2 atom stereocenters. The van der Waals surface area contributed by atoms with Gasteiger partial charge in [0, 0.05) is 11.6 Å². The molecular formula is C19H20ClNO2. The molecule has 0 bridgehead atoms. The van der Waals surface area contributed by atoms with Crippen molar-refractivity contribution in [1.82, 2.24) is 4.90 Å². The van der Waals surface area contributed by atoms with E-state index in [0.29, 0.717) is 11.4 Å². The average Bonchev–Trinajstić information content (AvgIpc) is 3.01. The topological polar surface area (TPSA) is 40.5 Å². The molecule has 0 saturated carbocycles. The molecule has 0 radical (unpaired) electrons. The monoisotopic (exact) mass is 329 g/mol. The van der Waals surface area contributed by atoms with Gasteiger partial charge >= 0.3 is 5.97 Å². The molecule has 4 heteroatoms. The van der Waals surface area contributed by atoms with Crippen LogP contribution in [-0.2, 0) is 4.79 Å². The molecular weight excluding hydrogens is 310 g/mol. The van der Waals surface area contributed by atoms with Crippen LogP contribution in [0.5, 0.6) is 0 Å². The van der Waals surface area contributed by atoms with E-state index in [-0.39, 0.29) is 6.04 Å². The van der Waals surface area contributed by atoms with Gasteiger partial charge in [-0.3, -0.25) is 9.69 Å². The lowest BCUT2D eigenvalue weighted by atomic mass is 9.95. The largest absolute Gasteiger partial charge is 0.480 e. The Hall–Kier alpha value is -1.84. The zero-order chi connectivity index (χ0) is 16.4. The van der Waals surface area contributed by atoms with Crippen molar-refractivity contribution in [2.75, 3.05) is 6.54 Å². The van der Waals surface area contributed by atoms with Crippen molar-refractivity contribution in [3.63, 3.8) is 0 Å². The summed E-state index contributed by atoms with van der Waals surface area (Å²) in [6.07, 6.45) is 1.58. The molecule has 0 aromatic heterocycles. The van der Waals surface area contributed by atoms with Gasteiger partial charge in [-0.15, -0.1) is 0 Å². The fourth-order valence-electron chi connectivity index (χ4n) is 3.36. The highest BCUT2D eigenvalue weighted by Gasteiger charge is 2.37. The summed E-state index contributed by atoms with van der Waals surface area (Å²) in [4.78, 5) is 13.7. The molecule has 1 heterocycles. The molecule has 1 fully saturated rings. The average molecular weight is 330 g/mol. The maximum atomic E-state index is 11.6. The lowest BCUT2D eigenvalue weighted by Gasteiger charge is -2.32. The minimum atomic E-state index is -0.758. The van der Waals surface area contributed by atoms with Gasteiger partial charge in [0.2, 0.25) is 0 Å². The highest BCUT2D eigenvalue weighted by molar-refractivity contribution is 6.31. The molecule has 120 valence electrons. The number of hydrogen-bond acceptors (Lipinski definition) is 2. The van der Waals surface area contributed by atoms with Gasteiger partial charge in [0.1, 0.15) is 6.04 Å². The minimum absolute atomic E-state index is 0.132. The van der Waals surface area contributed by atoms with Gasteiger partial charge in [0.25, 0.3) is 0 Å². The second kappa shape index (κ2) is 6.73. The number of carboxylic acid groups (broad SMARTS) is 1. The van der Waals surface area contributed by atoms with Gasteiger partial charge < -0.3 is 5.11 Å². The van der Waals surface area contributed by atoms with E-state index in [9.17, 15) is 9.90 Å². The molecule has 2 unspecified atom stereocenters. The first-order valence-electron chi connectivity index (χ1n) is 7.87. The maximum Gasteiger partial charge on any atom is 0.320 e. The SMILES string of the molecule is Cc1ccc(C(c2ccccc2Cl)N2CCCC2C(=O)O)cc1. The van der Waals surface area contributed by atoms with E-state index in [1.165, 1.54) is 5.56 Å². The minimum Gasteiger partial charge on any atom is -0.480 e. The van der Waals surface area contributed by atoms with Gasteiger partial charge in [-0.25, -0.2) is 0 Å². The van der Waals surface area contributed by atoms with Crippen molar-refractivity contribution in [2.45, 2.75) is 31.8 Å². The van der Waals surface area contributed by atoms with E-state index in [1.807, 2.05) is 31.2 Å². The molecule has 3 nitrogen and oxygen atoms in total. The number of aryl methyl sites for hydroxylation is 1. The molecule has 1 saturated heterocycles. The van der Waals surface area contributed by atoms with Gasteiger partial charge in [-0.05, 0) is 37.0 Å². The summed E-state index contributed by atoms with van der Waals surface area (Å²) < 4.78 is 0. The van der Waals surface area contributed by atoms with Gasteiger partial charge in [-0.2, -0.15) is 0 Å². The molecule has 1 N–H and O–H groups in total. The molecule has 0 aliphatic carbocycles. The Balaban J connectivity index is 2.08. The number of carbonyl (C=O) groups is 1. The van der Waals surface area contributed by atoms with Crippen LogP contribution in [-0.4, -0.2) is 28.6 Å². The quantitative estimate of drug-likeness (QED) is 0.909. The third kappa shape index (κ3) is 3.26. The van der Waals surface area contributed by atoms with E-state index in [1.54, 1.807) is 0 Å². The Labute approximate surface area is 141 Å². The number of rotatable bonds is 4. The van der Waals surface area contributed by atoms with Gasteiger partial charge in [0.15, 0.2) is 0 Å². The van der Waals surface area contributed by atoms with Crippen molar-refractivity contribution < 1.29 is 9.90 Å². The molecule has 1 aliphatic heterocycles. The summed E-state index contributed by atoms with van der Waals surface area (Å²) in [5.41, 5.74) is 3.23. The normalized spacial score (nSPS) is 19.7. The van der Waals surface area contributed by atoms with E-state index >= 15 is 0 Å². The summed E-state index contributed by atoms with van der Waals surface area (Å²) in [6.45, 7) is 2.81. The second-order valence-electron chi connectivity index (χ2n) is 6.07. The number of halogens is 1. The molecule has 2 aromatic rings. The third-order valence-corrected chi connectivity index (χ3v) is 4.85. The number of carboxylic acids is 1. The number of nitrogens with zero attached hydrogens (tertiary/aromatic N) is 1. The third-order valence-electron chi connectivity index (χ3n) is 4.50. The summed E-state index contributed by atoms with van der Waals surface area (Å²) >= 11 is 6.43. The molecule has 0 amide bonds. The fraction of sp³-hybridized carbons (Fsp3) is 0.316. The fourth-order valence-corrected chi connectivity index (χ4v) is 3.60. The first kappa shape index (κ1) is 16.0. The molecule has 23 heavy (non-hydrogen) atoms.